The van der Waals surface area contributed by atoms with Crippen molar-refractivity contribution in [3.8, 4) is 0 Å². The predicted octanol–water partition coefficient (Wildman–Crippen LogP) is 2.79. The Bertz CT molecular complexity index is 569. The number of nitrogens with one attached hydrogen (secondary N) is 1. The summed E-state index contributed by atoms with van der Waals surface area (Å²) in [7, 11) is 0. The van der Waals surface area contributed by atoms with E-state index in [1.807, 2.05) is 18.6 Å². The highest BCUT2D eigenvalue weighted by Gasteiger charge is 2.20. The first-order valence-corrected chi connectivity index (χ1v) is 7.60. The van der Waals surface area contributed by atoms with Gasteiger partial charge in [-0.2, -0.15) is 0 Å². The number of imidazole rings is 1. The standard InChI is InChI=1S/C15H23N5/c1-3-6-16-13-11-20-10-7-17-14(20)15(18-13)19-8-4-12(2)5-9-19/h7,10-12,16H,3-6,8-9H2,1-2H3. The molecule has 1 fully saturated rings. The Labute approximate surface area is 120 Å². The molecule has 0 spiro atoms. The molecule has 20 heavy (non-hydrogen) atoms. The number of aromatic nitrogens is 3. The number of hydrogen-bond donors (Lipinski definition) is 1. The number of hydrogen-bond acceptors (Lipinski definition) is 4. The van der Waals surface area contributed by atoms with Gasteiger partial charge in [0.25, 0.3) is 0 Å². The molecule has 0 amide bonds. The zero-order valence-electron chi connectivity index (χ0n) is 12.3. The Morgan fingerprint density at radius 1 is 1.35 bits per heavy atom. The zero-order valence-corrected chi connectivity index (χ0v) is 12.3. The SMILES string of the molecule is CCCNc1cn2ccnc2c(N2CCC(C)CC2)n1. The van der Waals surface area contributed by atoms with E-state index >= 15 is 0 Å². The van der Waals surface area contributed by atoms with Gasteiger partial charge in [-0.05, 0) is 25.2 Å². The van der Waals surface area contributed by atoms with Crippen LogP contribution in [0.3, 0.4) is 0 Å². The van der Waals surface area contributed by atoms with Crippen LogP contribution in [0.15, 0.2) is 18.6 Å². The average molecular weight is 273 g/mol. The molecule has 3 heterocycles. The molecule has 0 atom stereocenters. The minimum absolute atomic E-state index is 0.823. The van der Waals surface area contributed by atoms with Gasteiger partial charge >= 0.3 is 0 Å². The summed E-state index contributed by atoms with van der Waals surface area (Å²) in [5.74, 6) is 2.78. The lowest BCUT2D eigenvalue weighted by Crippen LogP contribution is -2.34. The van der Waals surface area contributed by atoms with Crippen LogP contribution in [0.1, 0.15) is 33.1 Å². The molecular formula is C15H23N5. The van der Waals surface area contributed by atoms with Crippen molar-refractivity contribution in [3.05, 3.63) is 18.6 Å². The Kier molecular flexibility index (Phi) is 3.76. The predicted molar refractivity (Wildman–Crippen MR) is 82.4 cm³/mol. The third-order valence-corrected chi connectivity index (χ3v) is 4.00. The van der Waals surface area contributed by atoms with Gasteiger partial charge in [-0.1, -0.05) is 13.8 Å². The first kappa shape index (κ1) is 13.2. The Balaban J connectivity index is 1.93. The van der Waals surface area contributed by atoms with E-state index in [-0.39, 0.29) is 0 Å². The van der Waals surface area contributed by atoms with Crippen LogP contribution < -0.4 is 10.2 Å². The van der Waals surface area contributed by atoms with Crippen molar-refractivity contribution in [3.63, 3.8) is 0 Å². The van der Waals surface area contributed by atoms with E-state index in [1.165, 1.54) is 12.8 Å². The Morgan fingerprint density at radius 3 is 2.90 bits per heavy atom. The highest BCUT2D eigenvalue weighted by molar-refractivity contribution is 5.67. The topological polar surface area (TPSA) is 45.5 Å². The molecule has 1 saturated heterocycles. The molecule has 1 N–H and O–H groups in total. The second kappa shape index (κ2) is 5.69. The van der Waals surface area contributed by atoms with Crippen molar-refractivity contribution in [1.29, 1.82) is 0 Å². The maximum absolute atomic E-state index is 4.79. The smallest absolute Gasteiger partial charge is 0.180 e. The van der Waals surface area contributed by atoms with Gasteiger partial charge in [0.1, 0.15) is 5.82 Å². The van der Waals surface area contributed by atoms with Crippen LogP contribution in [-0.4, -0.2) is 34.0 Å². The molecule has 2 aromatic heterocycles. The highest BCUT2D eigenvalue weighted by Crippen LogP contribution is 2.25. The van der Waals surface area contributed by atoms with Gasteiger partial charge in [-0.15, -0.1) is 0 Å². The summed E-state index contributed by atoms with van der Waals surface area (Å²) in [6.45, 7) is 7.59. The number of anilines is 2. The quantitative estimate of drug-likeness (QED) is 0.930. The molecule has 5 nitrogen and oxygen atoms in total. The first-order chi connectivity index (χ1) is 9.78. The van der Waals surface area contributed by atoms with Crippen molar-refractivity contribution >= 4 is 17.3 Å². The van der Waals surface area contributed by atoms with Gasteiger partial charge in [0.15, 0.2) is 11.5 Å². The fraction of sp³-hybridized carbons (Fsp3) is 0.600. The van der Waals surface area contributed by atoms with Crippen LogP contribution in [0, 0.1) is 5.92 Å². The number of fused-ring (bicyclic) bond motifs is 1. The van der Waals surface area contributed by atoms with E-state index in [1.54, 1.807) is 0 Å². The molecule has 108 valence electrons. The zero-order chi connectivity index (χ0) is 13.9. The van der Waals surface area contributed by atoms with Gasteiger partial charge in [0.05, 0.1) is 6.20 Å². The van der Waals surface area contributed by atoms with Crippen molar-refractivity contribution in [2.45, 2.75) is 33.1 Å². The lowest BCUT2D eigenvalue weighted by molar-refractivity contribution is 0.437. The monoisotopic (exact) mass is 273 g/mol. The van der Waals surface area contributed by atoms with Crippen molar-refractivity contribution in [2.75, 3.05) is 29.9 Å². The molecule has 5 heteroatoms. The molecule has 0 radical (unpaired) electrons. The van der Waals surface area contributed by atoms with E-state index in [4.69, 9.17) is 4.98 Å². The molecule has 2 aromatic rings. The van der Waals surface area contributed by atoms with Gasteiger partial charge in [0, 0.05) is 32.0 Å². The number of piperidine rings is 1. The lowest BCUT2D eigenvalue weighted by Gasteiger charge is -2.31. The Morgan fingerprint density at radius 2 is 2.15 bits per heavy atom. The second-order valence-corrected chi connectivity index (χ2v) is 5.70. The van der Waals surface area contributed by atoms with Crippen molar-refractivity contribution in [1.82, 2.24) is 14.4 Å². The summed E-state index contributed by atoms with van der Waals surface area (Å²) in [6.07, 6.45) is 9.43. The third-order valence-electron chi connectivity index (χ3n) is 4.00. The normalized spacial score (nSPS) is 16.8. The van der Waals surface area contributed by atoms with Crippen LogP contribution >= 0.6 is 0 Å². The Hall–Kier alpha value is -1.78. The minimum Gasteiger partial charge on any atom is -0.369 e. The molecule has 0 aromatic carbocycles. The van der Waals surface area contributed by atoms with Gasteiger partial charge in [-0.25, -0.2) is 9.97 Å². The molecule has 3 rings (SSSR count). The lowest BCUT2D eigenvalue weighted by atomic mass is 9.99. The molecule has 1 aliphatic heterocycles. The van der Waals surface area contributed by atoms with E-state index in [0.717, 1.165) is 49.3 Å². The highest BCUT2D eigenvalue weighted by atomic mass is 15.2. The van der Waals surface area contributed by atoms with Gasteiger partial charge < -0.3 is 14.6 Å². The number of nitrogens with zero attached hydrogens (tertiary/aromatic N) is 4. The van der Waals surface area contributed by atoms with Crippen LogP contribution in [0.25, 0.3) is 5.65 Å². The van der Waals surface area contributed by atoms with Gasteiger partial charge in [-0.3, -0.25) is 0 Å². The summed E-state index contributed by atoms with van der Waals surface area (Å²) < 4.78 is 2.07. The van der Waals surface area contributed by atoms with Crippen LogP contribution in [0.4, 0.5) is 11.6 Å². The molecule has 0 bridgehead atoms. The molecule has 0 unspecified atom stereocenters. The number of rotatable bonds is 4. The third kappa shape index (κ3) is 2.57. The molecule has 1 aliphatic rings. The second-order valence-electron chi connectivity index (χ2n) is 5.70. The first-order valence-electron chi connectivity index (χ1n) is 7.60. The average Bonchev–Trinajstić information content (AvgIpc) is 2.93. The van der Waals surface area contributed by atoms with Crippen LogP contribution in [-0.2, 0) is 0 Å². The molecular weight excluding hydrogens is 250 g/mol. The largest absolute Gasteiger partial charge is 0.369 e. The summed E-state index contributed by atoms with van der Waals surface area (Å²) in [5, 5.41) is 3.38. The summed E-state index contributed by atoms with van der Waals surface area (Å²) >= 11 is 0. The summed E-state index contributed by atoms with van der Waals surface area (Å²) in [5.41, 5.74) is 0.960. The van der Waals surface area contributed by atoms with Crippen molar-refractivity contribution < 1.29 is 0 Å². The van der Waals surface area contributed by atoms with E-state index in [9.17, 15) is 0 Å². The van der Waals surface area contributed by atoms with E-state index < -0.39 is 0 Å². The molecule has 0 aliphatic carbocycles. The minimum atomic E-state index is 0.823. The van der Waals surface area contributed by atoms with E-state index in [2.05, 4.69) is 33.4 Å². The fourth-order valence-electron chi connectivity index (χ4n) is 2.69. The fourth-order valence-corrected chi connectivity index (χ4v) is 2.69. The van der Waals surface area contributed by atoms with Crippen LogP contribution in [0.2, 0.25) is 0 Å². The molecule has 0 saturated carbocycles. The van der Waals surface area contributed by atoms with E-state index in [0.29, 0.717) is 0 Å². The maximum atomic E-state index is 4.79. The summed E-state index contributed by atoms with van der Waals surface area (Å²) in [4.78, 5) is 11.6. The van der Waals surface area contributed by atoms with Crippen molar-refractivity contribution in [2.24, 2.45) is 5.92 Å². The summed E-state index contributed by atoms with van der Waals surface area (Å²) in [6, 6.07) is 0. The van der Waals surface area contributed by atoms with Crippen LogP contribution in [0.5, 0.6) is 0 Å². The van der Waals surface area contributed by atoms with Gasteiger partial charge in [0.2, 0.25) is 0 Å². The maximum Gasteiger partial charge on any atom is 0.180 e.